The topological polar surface area (TPSA) is 59.2 Å². The lowest BCUT2D eigenvalue weighted by molar-refractivity contribution is -0.141. The van der Waals surface area contributed by atoms with Gasteiger partial charge in [-0.15, -0.1) is 0 Å². The molecule has 0 spiro atoms. The molecule has 0 aromatic carbocycles. The van der Waals surface area contributed by atoms with E-state index in [4.69, 9.17) is 5.73 Å². The van der Waals surface area contributed by atoms with Crippen LogP contribution >= 0.6 is 0 Å². The zero-order chi connectivity index (χ0) is 14.9. The Kier molecular flexibility index (Phi) is 3.99. The van der Waals surface area contributed by atoms with E-state index in [2.05, 4.69) is 4.98 Å². The summed E-state index contributed by atoms with van der Waals surface area (Å²) < 4.78 is 37.6. The van der Waals surface area contributed by atoms with Crippen LogP contribution in [0.15, 0.2) is 12.1 Å². The van der Waals surface area contributed by atoms with Crippen LogP contribution in [0.5, 0.6) is 0 Å². The molecule has 1 aromatic heterocycles. The number of alkyl halides is 3. The van der Waals surface area contributed by atoms with Gasteiger partial charge in [0.05, 0.1) is 11.3 Å². The third kappa shape index (κ3) is 2.77. The second-order valence-electron chi connectivity index (χ2n) is 4.86. The fourth-order valence-electron chi connectivity index (χ4n) is 2.45. The molecule has 7 heteroatoms. The minimum absolute atomic E-state index is 0.0378. The largest absolute Gasteiger partial charge is 0.433 e. The standard InChI is InChI=1S/C13H16F3N3O/c1-8-10(4-5-11(18-8)13(14,15)16)12(20)19-6-2-3-9(19)7-17/h4-5,9H,2-3,6-7,17H2,1H3. The van der Waals surface area contributed by atoms with Gasteiger partial charge < -0.3 is 10.6 Å². The van der Waals surface area contributed by atoms with Crippen LogP contribution < -0.4 is 5.73 Å². The minimum atomic E-state index is -4.50. The van der Waals surface area contributed by atoms with Gasteiger partial charge in [-0.05, 0) is 31.9 Å². The first-order chi connectivity index (χ1) is 9.34. The maximum Gasteiger partial charge on any atom is 0.433 e. The normalized spacial score (nSPS) is 19.4. The summed E-state index contributed by atoms with van der Waals surface area (Å²) in [5, 5.41) is 0. The maximum absolute atomic E-state index is 12.5. The fourth-order valence-corrected chi connectivity index (χ4v) is 2.45. The first-order valence-electron chi connectivity index (χ1n) is 6.40. The van der Waals surface area contributed by atoms with Gasteiger partial charge in [-0.3, -0.25) is 4.79 Å². The van der Waals surface area contributed by atoms with Crippen LogP contribution in [0.3, 0.4) is 0 Å². The molecule has 1 fully saturated rings. The summed E-state index contributed by atoms with van der Waals surface area (Å²) in [5.74, 6) is -0.295. The summed E-state index contributed by atoms with van der Waals surface area (Å²) in [5.41, 5.74) is 4.92. The van der Waals surface area contributed by atoms with Gasteiger partial charge in [0.1, 0.15) is 5.69 Å². The smallest absolute Gasteiger partial charge is 0.334 e. The van der Waals surface area contributed by atoms with Crippen molar-refractivity contribution < 1.29 is 18.0 Å². The lowest BCUT2D eigenvalue weighted by Crippen LogP contribution is -2.40. The summed E-state index contributed by atoms with van der Waals surface area (Å²) in [6, 6.07) is 2.00. The monoisotopic (exact) mass is 287 g/mol. The van der Waals surface area contributed by atoms with Gasteiger partial charge in [-0.1, -0.05) is 0 Å². The SMILES string of the molecule is Cc1nc(C(F)(F)F)ccc1C(=O)N1CCCC1CN. The second kappa shape index (κ2) is 5.40. The van der Waals surface area contributed by atoms with Crippen LogP contribution in [-0.4, -0.2) is 34.9 Å². The van der Waals surface area contributed by atoms with E-state index in [0.29, 0.717) is 13.1 Å². The van der Waals surface area contributed by atoms with E-state index in [1.54, 1.807) is 4.90 Å². The quantitative estimate of drug-likeness (QED) is 0.904. The average Bonchev–Trinajstić information content (AvgIpc) is 2.85. The average molecular weight is 287 g/mol. The molecule has 1 aliphatic heterocycles. The Morgan fingerprint density at radius 2 is 2.20 bits per heavy atom. The minimum Gasteiger partial charge on any atom is -0.334 e. The fraction of sp³-hybridized carbons (Fsp3) is 0.538. The molecule has 2 N–H and O–H groups in total. The van der Waals surface area contributed by atoms with Crippen molar-refractivity contribution in [2.75, 3.05) is 13.1 Å². The van der Waals surface area contributed by atoms with E-state index >= 15 is 0 Å². The lowest BCUT2D eigenvalue weighted by atomic mass is 10.1. The first-order valence-corrected chi connectivity index (χ1v) is 6.40. The van der Waals surface area contributed by atoms with Gasteiger partial charge in [0.25, 0.3) is 5.91 Å². The molecule has 1 aliphatic rings. The number of nitrogens with zero attached hydrogens (tertiary/aromatic N) is 2. The van der Waals surface area contributed by atoms with E-state index < -0.39 is 11.9 Å². The molecular formula is C13H16F3N3O. The van der Waals surface area contributed by atoms with Crippen LogP contribution in [-0.2, 0) is 6.18 Å². The van der Waals surface area contributed by atoms with E-state index in [1.807, 2.05) is 0 Å². The van der Waals surface area contributed by atoms with E-state index in [9.17, 15) is 18.0 Å². The van der Waals surface area contributed by atoms with Crippen LogP contribution in [0.2, 0.25) is 0 Å². The number of hydrogen-bond acceptors (Lipinski definition) is 3. The molecule has 0 aliphatic carbocycles. The highest BCUT2D eigenvalue weighted by Crippen LogP contribution is 2.29. The maximum atomic E-state index is 12.5. The third-order valence-corrected chi connectivity index (χ3v) is 3.52. The van der Waals surface area contributed by atoms with Gasteiger partial charge in [0.2, 0.25) is 0 Å². The Morgan fingerprint density at radius 3 is 2.75 bits per heavy atom. The number of carbonyl (C=O) groups is 1. The molecule has 1 unspecified atom stereocenters. The highest BCUT2D eigenvalue weighted by atomic mass is 19.4. The summed E-state index contributed by atoms with van der Waals surface area (Å²) in [4.78, 5) is 17.5. The summed E-state index contributed by atoms with van der Waals surface area (Å²) in [6.45, 7) is 2.36. The number of nitrogens with two attached hydrogens (primary N) is 1. The summed E-state index contributed by atoms with van der Waals surface area (Å²) >= 11 is 0. The molecule has 1 saturated heterocycles. The van der Waals surface area contributed by atoms with Gasteiger partial charge in [0, 0.05) is 19.1 Å². The molecule has 1 amide bonds. The molecule has 0 saturated carbocycles. The number of hydrogen-bond donors (Lipinski definition) is 1. The molecule has 0 bridgehead atoms. The molecule has 2 rings (SSSR count). The number of carbonyl (C=O) groups excluding carboxylic acids is 1. The van der Waals surface area contributed by atoms with E-state index in [1.165, 1.54) is 13.0 Å². The number of likely N-dealkylation sites (tertiary alicyclic amines) is 1. The van der Waals surface area contributed by atoms with Crippen molar-refractivity contribution in [3.63, 3.8) is 0 Å². The Balaban J connectivity index is 2.27. The summed E-state index contributed by atoms with van der Waals surface area (Å²) in [7, 11) is 0. The number of halogens is 3. The van der Waals surface area contributed by atoms with Gasteiger partial charge >= 0.3 is 6.18 Å². The molecule has 2 heterocycles. The van der Waals surface area contributed by atoms with E-state index in [0.717, 1.165) is 18.9 Å². The van der Waals surface area contributed by atoms with Gasteiger partial charge in [0.15, 0.2) is 0 Å². The predicted octanol–water partition coefficient (Wildman–Crippen LogP) is 1.97. The van der Waals surface area contributed by atoms with Crippen molar-refractivity contribution >= 4 is 5.91 Å². The van der Waals surface area contributed by atoms with Crippen molar-refractivity contribution in [1.82, 2.24) is 9.88 Å². The number of aromatic nitrogens is 1. The Bertz CT molecular complexity index is 516. The van der Waals surface area contributed by atoms with Gasteiger partial charge in [-0.2, -0.15) is 13.2 Å². The van der Waals surface area contributed by atoms with Crippen molar-refractivity contribution in [3.8, 4) is 0 Å². The summed E-state index contributed by atoms with van der Waals surface area (Å²) in [6.07, 6.45) is -2.81. The zero-order valence-electron chi connectivity index (χ0n) is 11.1. The first kappa shape index (κ1) is 14.8. The molecule has 0 radical (unpaired) electrons. The van der Waals surface area contributed by atoms with Crippen molar-refractivity contribution in [1.29, 1.82) is 0 Å². The third-order valence-electron chi connectivity index (χ3n) is 3.52. The van der Waals surface area contributed by atoms with Crippen molar-refractivity contribution in [3.05, 3.63) is 29.1 Å². The molecule has 110 valence electrons. The molecule has 4 nitrogen and oxygen atoms in total. The predicted molar refractivity (Wildman–Crippen MR) is 67.1 cm³/mol. The zero-order valence-corrected chi connectivity index (χ0v) is 11.1. The van der Waals surface area contributed by atoms with Crippen molar-refractivity contribution in [2.45, 2.75) is 32.0 Å². The van der Waals surface area contributed by atoms with Crippen LogP contribution in [0.4, 0.5) is 13.2 Å². The molecule has 1 atom stereocenters. The number of pyridine rings is 1. The number of aryl methyl sites for hydroxylation is 1. The highest BCUT2D eigenvalue weighted by Gasteiger charge is 2.34. The van der Waals surface area contributed by atoms with Crippen molar-refractivity contribution in [2.24, 2.45) is 5.73 Å². The van der Waals surface area contributed by atoms with Gasteiger partial charge in [-0.25, -0.2) is 4.98 Å². The number of rotatable bonds is 2. The Hall–Kier alpha value is -1.63. The molecular weight excluding hydrogens is 271 g/mol. The Labute approximate surface area is 114 Å². The van der Waals surface area contributed by atoms with Crippen LogP contribution in [0.25, 0.3) is 0 Å². The highest BCUT2D eigenvalue weighted by molar-refractivity contribution is 5.95. The molecule has 1 aromatic rings. The van der Waals surface area contributed by atoms with Crippen LogP contribution in [0, 0.1) is 6.92 Å². The van der Waals surface area contributed by atoms with Crippen LogP contribution in [0.1, 0.15) is 34.6 Å². The lowest BCUT2D eigenvalue weighted by Gasteiger charge is -2.24. The second-order valence-corrected chi connectivity index (χ2v) is 4.86. The van der Waals surface area contributed by atoms with E-state index in [-0.39, 0.29) is 23.2 Å². The number of amides is 1. The molecule has 20 heavy (non-hydrogen) atoms. The Morgan fingerprint density at radius 1 is 1.50 bits per heavy atom.